The zero-order valence-corrected chi connectivity index (χ0v) is 12.3. The fourth-order valence-electron chi connectivity index (χ4n) is 2.59. The van der Waals surface area contributed by atoms with Gasteiger partial charge in [-0.15, -0.1) is 0 Å². The number of nitrogens with zero attached hydrogens (tertiary/aromatic N) is 2. The largest absolute Gasteiger partial charge is 0.480 e. The lowest BCUT2D eigenvalue weighted by Crippen LogP contribution is -2.41. The molecule has 2 heterocycles. The highest BCUT2D eigenvalue weighted by Crippen LogP contribution is 2.30. The van der Waals surface area contributed by atoms with Gasteiger partial charge in [-0.05, 0) is 37.3 Å². The number of halogens is 1. The predicted octanol–water partition coefficient (Wildman–Crippen LogP) is 2.57. The Balaban J connectivity index is 1.71. The third-order valence-corrected chi connectivity index (χ3v) is 3.74. The van der Waals surface area contributed by atoms with E-state index in [4.69, 9.17) is 4.74 Å². The molecule has 1 aliphatic heterocycles. The maximum Gasteiger partial charge on any atom is 0.264 e. The molecule has 3 rings (SSSR count). The Morgan fingerprint density at radius 3 is 3.00 bits per heavy atom. The number of rotatable bonds is 4. The molecule has 0 radical (unpaired) electrons. The van der Waals surface area contributed by atoms with Crippen LogP contribution in [0.15, 0.2) is 42.6 Å². The van der Waals surface area contributed by atoms with Gasteiger partial charge in [0.2, 0.25) is 0 Å². The van der Waals surface area contributed by atoms with Gasteiger partial charge in [0.1, 0.15) is 11.6 Å². The molecule has 114 valence electrons. The van der Waals surface area contributed by atoms with Crippen LogP contribution in [0.3, 0.4) is 0 Å². The number of hydrogen-bond acceptors (Lipinski definition) is 3. The first-order valence-electron chi connectivity index (χ1n) is 7.31. The minimum atomic E-state index is -0.583. The van der Waals surface area contributed by atoms with E-state index in [1.807, 2.05) is 25.1 Å². The monoisotopic (exact) mass is 300 g/mol. The molecule has 5 heteroatoms. The first-order valence-corrected chi connectivity index (χ1v) is 7.31. The van der Waals surface area contributed by atoms with Crippen molar-refractivity contribution in [3.05, 3.63) is 59.7 Å². The summed E-state index contributed by atoms with van der Waals surface area (Å²) in [5, 5.41) is 0. The molecular weight excluding hydrogens is 283 g/mol. The number of ether oxygens (including phenoxy) is 1. The van der Waals surface area contributed by atoms with Gasteiger partial charge < -0.3 is 9.64 Å². The maximum atomic E-state index is 13.2. The van der Waals surface area contributed by atoms with Gasteiger partial charge in [0.25, 0.3) is 5.91 Å². The van der Waals surface area contributed by atoms with E-state index in [0.29, 0.717) is 25.3 Å². The van der Waals surface area contributed by atoms with E-state index in [1.54, 1.807) is 17.2 Å². The molecule has 1 aromatic heterocycles. The van der Waals surface area contributed by atoms with E-state index < -0.39 is 6.10 Å². The van der Waals surface area contributed by atoms with Crippen molar-refractivity contribution in [3.8, 4) is 5.75 Å². The molecule has 0 aliphatic carbocycles. The van der Waals surface area contributed by atoms with E-state index in [-0.39, 0.29) is 11.7 Å². The molecule has 1 unspecified atom stereocenters. The van der Waals surface area contributed by atoms with Gasteiger partial charge in [0.05, 0.1) is 12.2 Å². The Labute approximate surface area is 128 Å². The summed E-state index contributed by atoms with van der Waals surface area (Å²) in [5.74, 6) is 0.190. The number of likely N-dealkylation sites (N-methyl/N-ethyl adjacent to an activating group) is 1. The molecule has 0 N–H and O–H groups in total. The quantitative estimate of drug-likeness (QED) is 0.871. The number of aromatic nitrogens is 1. The SMILES string of the molecule is CCN(Cc1ccccn1)C(=O)C1Cc2cc(F)ccc2O1. The Hall–Kier alpha value is -2.43. The second-order valence-electron chi connectivity index (χ2n) is 5.24. The standard InChI is InChI=1S/C17H17FN2O2/c1-2-20(11-14-5-3-4-8-19-14)17(21)16-10-12-9-13(18)6-7-15(12)22-16/h3-9,16H,2,10-11H2,1H3. The van der Waals surface area contributed by atoms with Crippen LogP contribution in [0, 0.1) is 5.82 Å². The molecule has 0 bridgehead atoms. The van der Waals surface area contributed by atoms with E-state index in [1.165, 1.54) is 12.1 Å². The summed E-state index contributed by atoms with van der Waals surface area (Å²) >= 11 is 0. The Morgan fingerprint density at radius 2 is 2.27 bits per heavy atom. The van der Waals surface area contributed by atoms with E-state index in [9.17, 15) is 9.18 Å². The zero-order valence-electron chi connectivity index (χ0n) is 12.3. The van der Waals surface area contributed by atoms with E-state index >= 15 is 0 Å². The molecule has 0 saturated heterocycles. The molecule has 2 aromatic rings. The van der Waals surface area contributed by atoms with Crippen LogP contribution in [0.2, 0.25) is 0 Å². The van der Waals surface area contributed by atoms with Crippen molar-refractivity contribution in [3.63, 3.8) is 0 Å². The number of carbonyl (C=O) groups excluding carboxylic acids is 1. The topological polar surface area (TPSA) is 42.4 Å². The summed E-state index contributed by atoms with van der Waals surface area (Å²) < 4.78 is 18.9. The molecule has 1 atom stereocenters. The smallest absolute Gasteiger partial charge is 0.264 e. The van der Waals surface area contributed by atoms with E-state index in [0.717, 1.165) is 11.3 Å². The van der Waals surface area contributed by atoms with E-state index in [2.05, 4.69) is 4.98 Å². The first-order chi connectivity index (χ1) is 10.7. The summed E-state index contributed by atoms with van der Waals surface area (Å²) in [5.41, 5.74) is 1.58. The average molecular weight is 300 g/mol. The van der Waals surface area contributed by atoms with Crippen LogP contribution >= 0.6 is 0 Å². The molecule has 0 spiro atoms. The van der Waals surface area contributed by atoms with Crippen molar-refractivity contribution in [2.24, 2.45) is 0 Å². The van der Waals surface area contributed by atoms with Crippen LogP contribution in [0.5, 0.6) is 5.75 Å². The van der Waals surface area contributed by atoms with Crippen molar-refractivity contribution >= 4 is 5.91 Å². The van der Waals surface area contributed by atoms with Crippen molar-refractivity contribution in [2.45, 2.75) is 26.0 Å². The lowest BCUT2D eigenvalue weighted by molar-refractivity contribution is -0.138. The minimum Gasteiger partial charge on any atom is -0.480 e. The molecule has 1 amide bonds. The lowest BCUT2D eigenvalue weighted by Gasteiger charge is -2.23. The second kappa shape index (κ2) is 6.13. The van der Waals surface area contributed by atoms with Crippen LogP contribution in [-0.2, 0) is 17.8 Å². The fourth-order valence-corrected chi connectivity index (χ4v) is 2.59. The predicted molar refractivity (Wildman–Crippen MR) is 79.8 cm³/mol. The van der Waals surface area contributed by atoms with Gasteiger partial charge >= 0.3 is 0 Å². The summed E-state index contributed by atoms with van der Waals surface area (Å²) in [6.45, 7) is 2.93. The van der Waals surface area contributed by atoms with Crippen molar-refractivity contribution in [1.29, 1.82) is 0 Å². The average Bonchev–Trinajstić information content (AvgIpc) is 2.96. The molecule has 1 aliphatic rings. The number of benzene rings is 1. The first kappa shape index (κ1) is 14.5. The summed E-state index contributed by atoms with van der Waals surface area (Å²) in [4.78, 5) is 18.6. The third-order valence-electron chi connectivity index (χ3n) is 3.74. The van der Waals surface area contributed by atoms with Crippen molar-refractivity contribution < 1.29 is 13.9 Å². The Bertz CT molecular complexity index is 676. The number of pyridine rings is 1. The van der Waals surface area contributed by atoms with Gasteiger partial charge in [-0.2, -0.15) is 0 Å². The van der Waals surface area contributed by atoms with Crippen LogP contribution < -0.4 is 4.74 Å². The van der Waals surface area contributed by atoms with Crippen molar-refractivity contribution in [2.75, 3.05) is 6.54 Å². The van der Waals surface area contributed by atoms with Gasteiger partial charge in [0.15, 0.2) is 6.10 Å². The van der Waals surface area contributed by atoms with Gasteiger partial charge in [0, 0.05) is 24.7 Å². The maximum absolute atomic E-state index is 13.2. The molecule has 4 nitrogen and oxygen atoms in total. The van der Waals surface area contributed by atoms with Gasteiger partial charge in [-0.3, -0.25) is 9.78 Å². The van der Waals surface area contributed by atoms with Gasteiger partial charge in [-0.25, -0.2) is 4.39 Å². The molecule has 0 saturated carbocycles. The molecule has 0 fully saturated rings. The third kappa shape index (κ3) is 2.93. The van der Waals surface area contributed by atoms with Crippen LogP contribution in [0.1, 0.15) is 18.2 Å². The zero-order chi connectivity index (χ0) is 15.5. The molecular formula is C17H17FN2O2. The van der Waals surface area contributed by atoms with Crippen LogP contribution in [0.25, 0.3) is 0 Å². The summed E-state index contributed by atoms with van der Waals surface area (Å²) in [6.07, 6.45) is 1.53. The van der Waals surface area contributed by atoms with Gasteiger partial charge in [-0.1, -0.05) is 6.07 Å². The fraction of sp³-hybridized carbons (Fsp3) is 0.294. The highest BCUT2D eigenvalue weighted by atomic mass is 19.1. The second-order valence-corrected chi connectivity index (χ2v) is 5.24. The molecule has 22 heavy (non-hydrogen) atoms. The van der Waals surface area contributed by atoms with Crippen molar-refractivity contribution in [1.82, 2.24) is 9.88 Å². The number of carbonyl (C=O) groups is 1. The lowest BCUT2D eigenvalue weighted by atomic mass is 10.1. The highest BCUT2D eigenvalue weighted by molar-refractivity contribution is 5.82. The minimum absolute atomic E-state index is 0.0928. The van der Waals surface area contributed by atoms with Crippen LogP contribution in [0.4, 0.5) is 4.39 Å². The highest BCUT2D eigenvalue weighted by Gasteiger charge is 2.32. The summed E-state index contributed by atoms with van der Waals surface area (Å²) in [7, 11) is 0. The number of hydrogen-bond donors (Lipinski definition) is 0. The summed E-state index contributed by atoms with van der Waals surface area (Å²) in [6, 6.07) is 9.97. The Morgan fingerprint density at radius 1 is 1.41 bits per heavy atom. The molecule has 1 aromatic carbocycles. The Kier molecular flexibility index (Phi) is 4.04. The number of amides is 1. The number of fused-ring (bicyclic) bond motifs is 1. The van der Waals surface area contributed by atoms with Crippen LogP contribution in [-0.4, -0.2) is 28.4 Å². The normalized spacial score (nSPS) is 16.0.